The second-order valence-corrected chi connectivity index (χ2v) is 20.9. The largest absolute Gasteiger partial charge is 0.148 e. The minimum absolute atomic E-state index is 0.0829. The maximum atomic E-state index is 2.79. The third kappa shape index (κ3) is 3.01. The maximum Gasteiger partial charge on any atom is 0.148 e. The van der Waals surface area contributed by atoms with Gasteiger partial charge in [0.1, 0.15) is 8.07 Å². The smallest absolute Gasteiger partial charge is 0.0808 e. The fourth-order valence-corrected chi connectivity index (χ4v) is 20.6. The molecule has 0 nitrogen and oxygen atoms in total. The fraction of sp³-hybridized carbons (Fsp3) is 0.391. The van der Waals surface area contributed by atoms with Gasteiger partial charge in [0.15, 0.2) is 0 Å². The van der Waals surface area contributed by atoms with Gasteiger partial charge in [-0.3, -0.25) is 0 Å². The van der Waals surface area contributed by atoms with Gasteiger partial charge in [-0.25, -0.2) is 0 Å². The Morgan fingerprint density at radius 2 is 1.09 bits per heavy atom. The number of hydrogen-bond donors (Lipinski definition) is 0. The van der Waals surface area contributed by atoms with Crippen LogP contribution in [0, 0.1) is 43.8 Å². The molecule has 0 amide bonds. The second-order valence-electron chi connectivity index (χ2n) is 16.9. The lowest BCUT2D eigenvalue weighted by atomic mass is 9.23. The van der Waals surface area contributed by atoms with Gasteiger partial charge in [-0.15, -0.1) is 0 Å². The number of rotatable bonds is 4. The van der Waals surface area contributed by atoms with E-state index in [-0.39, 0.29) is 37.9 Å². The van der Waals surface area contributed by atoms with Gasteiger partial charge in [0.25, 0.3) is 0 Å². The summed E-state index contributed by atoms with van der Waals surface area (Å²) in [6.07, 6.45) is 35.9. The average Bonchev–Trinajstić information content (AvgIpc) is 3.68. The molecule has 6 aliphatic carbocycles. The lowest BCUT2D eigenvalue weighted by molar-refractivity contribution is -0.263. The van der Waals surface area contributed by atoms with Crippen LogP contribution in [0.2, 0.25) is 5.54 Å². The summed E-state index contributed by atoms with van der Waals surface area (Å²) in [7, 11) is -2.74. The Morgan fingerprint density at radius 1 is 0.574 bits per heavy atom. The van der Waals surface area contributed by atoms with Crippen LogP contribution in [0.4, 0.5) is 0 Å². The van der Waals surface area contributed by atoms with Crippen molar-refractivity contribution in [2.75, 3.05) is 0 Å². The van der Waals surface area contributed by atoms with Gasteiger partial charge in [0, 0.05) is 27.1 Å². The fourth-order valence-electron chi connectivity index (χ4n) is 13.7. The highest BCUT2D eigenvalue weighted by atomic mass is 28.3. The minimum atomic E-state index is -2.74. The lowest BCUT2D eigenvalue weighted by Gasteiger charge is -2.80. The van der Waals surface area contributed by atoms with Crippen LogP contribution in [0.25, 0.3) is 0 Å². The van der Waals surface area contributed by atoms with Gasteiger partial charge in [0.2, 0.25) is 0 Å². The molecular formula is C46H52Si. The SMILES string of the molecule is CC1=CC=CC2C([Si](C3=CC=CC3)(c3ccccc3)c3ccccc3)C3(C)C4(C)C=CC=CC4(C)C4(C)C=CC=CC4(C)C3(C)C12C. The molecule has 6 aliphatic rings. The molecule has 2 fully saturated rings. The van der Waals surface area contributed by atoms with Crippen molar-refractivity contribution in [2.24, 2.45) is 43.8 Å². The highest BCUT2D eigenvalue weighted by molar-refractivity contribution is 7.08. The molecule has 8 rings (SSSR count). The van der Waals surface area contributed by atoms with E-state index in [2.05, 4.69) is 201 Å². The summed E-state index contributed by atoms with van der Waals surface area (Å²) in [5, 5.41) is 4.77. The summed E-state index contributed by atoms with van der Waals surface area (Å²) in [5.41, 5.74) is 1.05. The summed E-state index contributed by atoms with van der Waals surface area (Å²) in [6, 6.07) is 23.7. The zero-order chi connectivity index (χ0) is 33.1. The van der Waals surface area contributed by atoms with Crippen molar-refractivity contribution in [2.45, 2.75) is 67.4 Å². The molecule has 9 unspecified atom stereocenters. The normalized spacial score (nSPS) is 44.0. The third-order valence-corrected chi connectivity index (χ3v) is 22.4. The van der Waals surface area contributed by atoms with Crippen LogP contribution >= 0.6 is 0 Å². The zero-order valence-corrected chi connectivity index (χ0v) is 30.7. The molecule has 2 aromatic carbocycles. The van der Waals surface area contributed by atoms with E-state index < -0.39 is 8.07 Å². The molecule has 2 aromatic rings. The lowest BCUT2D eigenvalue weighted by Crippen LogP contribution is -2.77. The van der Waals surface area contributed by atoms with E-state index in [4.69, 9.17) is 0 Å². The highest BCUT2D eigenvalue weighted by Gasteiger charge is 2.88. The van der Waals surface area contributed by atoms with Gasteiger partial charge in [0.05, 0.1) is 0 Å². The molecule has 0 spiro atoms. The second kappa shape index (κ2) is 9.60. The maximum absolute atomic E-state index is 2.79. The van der Waals surface area contributed by atoms with Crippen LogP contribution in [0.3, 0.4) is 0 Å². The molecule has 240 valence electrons. The Kier molecular flexibility index (Phi) is 6.31. The molecule has 0 saturated heterocycles. The van der Waals surface area contributed by atoms with Crippen molar-refractivity contribution < 1.29 is 0 Å². The molecule has 0 bridgehead atoms. The summed E-state index contributed by atoms with van der Waals surface area (Å²) in [4.78, 5) is 0. The average molecular weight is 633 g/mol. The molecule has 47 heavy (non-hydrogen) atoms. The van der Waals surface area contributed by atoms with Gasteiger partial charge in [-0.05, 0) is 46.0 Å². The minimum Gasteiger partial charge on any atom is -0.0808 e. The Hall–Kier alpha value is -3.42. The number of benzene rings is 2. The van der Waals surface area contributed by atoms with Gasteiger partial charge in [-0.1, -0.05) is 205 Å². The monoisotopic (exact) mass is 632 g/mol. The van der Waals surface area contributed by atoms with Crippen LogP contribution < -0.4 is 10.4 Å². The Labute approximate surface area is 285 Å². The summed E-state index contributed by atoms with van der Waals surface area (Å²) >= 11 is 0. The Morgan fingerprint density at radius 3 is 1.62 bits per heavy atom. The molecule has 9 atom stereocenters. The van der Waals surface area contributed by atoms with Crippen LogP contribution in [0.5, 0.6) is 0 Å². The molecule has 0 radical (unpaired) electrons. The predicted molar refractivity (Wildman–Crippen MR) is 203 cm³/mol. The van der Waals surface area contributed by atoms with E-state index in [1.165, 1.54) is 5.57 Å². The Balaban J connectivity index is 1.61. The van der Waals surface area contributed by atoms with Gasteiger partial charge >= 0.3 is 0 Å². The van der Waals surface area contributed by atoms with Crippen LogP contribution in [-0.2, 0) is 0 Å². The first-order valence-corrected chi connectivity index (χ1v) is 20.0. The quantitative estimate of drug-likeness (QED) is 0.294. The highest BCUT2D eigenvalue weighted by Crippen LogP contribution is 2.92. The van der Waals surface area contributed by atoms with E-state index in [1.54, 1.807) is 15.6 Å². The third-order valence-electron chi connectivity index (χ3n) is 16.7. The Bertz CT molecular complexity index is 1840. The number of fused-ring (bicyclic) bond motifs is 8. The molecule has 0 aliphatic heterocycles. The van der Waals surface area contributed by atoms with Crippen LogP contribution in [0.1, 0.15) is 61.8 Å². The zero-order valence-electron chi connectivity index (χ0n) is 29.7. The van der Waals surface area contributed by atoms with Gasteiger partial charge in [-0.2, -0.15) is 0 Å². The van der Waals surface area contributed by atoms with E-state index in [0.29, 0.717) is 11.5 Å². The molecule has 0 aromatic heterocycles. The molecule has 0 heterocycles. The van der Waals surface area contributed by atoms with Crippen LogP contribution in [-0.4, -0.2) is 8.07 Å². The molecular weight excluding hydrogens is 581 g/mol. The first-order chi connectivity index (χ1) is 22.4. The summed E-state index contributed by atoms with van der Waals surface area (Å²) in [5.74, 6) is 0.356. The van der Waals surface area contributed by atoms with Crippen molar-refractivity contribution in [3.05, 3.63) is 156 Å². The predicted octanol–water partition coefficient (Wildman–Crippen LogP) is 10.5. The van der Waals surface area contributed by atoms with Gasteiger partial charge < -0.3 is 0 Å². The molecule has 2 saturated carbocycles. The van der Waals surface area contributed by atoms with Crippen molar-refractivity contribution in [3.8, 4) is 0 Å². The van der Waals surface area contributed by atoms with E-state index in [0.717, 1.165) is 6.42 Å². The first kappa shape index (κ1) is 30.9. The topological polar surface area (TPSA) is 0 Å². The van der Waals surface area contributed by atoms with Crippen molar-refractivity contribution in [3.63, 3.8) is 0 Å². The molecule has 1 heteroatoms. The standard InChI is InChI=1S/C46H52Si/c1-34-22-21-29-38-39(47(37-27-15-16-28-37,35-23-11-9-12-24-35)36-25-13-10-14-26-36)45(7)42(4)32-19-17-30-40(42,2)41(3)31-18-20-33-43(41,5)46(45,8)44(34,38)6/h9-27,29-33,38-39H,28H2,1-8H3. The van der Waals surface area contributed by atoms with E-state index in [9.17, 15) is 0 Å². The summed E-state index contributed by atoms with van der Waals surface area (Å²) < 4.78 is 0. The number of hydrogen-bond acceptors (Lipinski definition) is 0. The summed E-state index contributed by atoms with van der Waals surface area (Å²) in [6.45, 7) is 21.2. The van der Waals surface area contributed by atoms with Crippen LogP contribution in [0.15, 0.2) is 156 Å². The number of allylic oxidation sites excluding steroid dienone is 16. The van der Waals surface area contributed by atoms with E-state index in [1.807, 2.05) is 0 Å². The first-order valence-electron chi connectivity index (χ1n) is 17.9. The van der Waals surface area contributed by atoms with E-state index >= 15 is 0 Å². The van der Waals surface area contributed by atoms with Crippen molar-refractivity contribution >= 4 is 18.4 Å². The molecule has 0 N–H and O–H groups in total. The van der Waals surface area contributed by atoms with Crippen molar-refractivity contribution in [1.29, 1.82) is 0 Å². The van der Waals surface area contributed by atoms with Crippen molar-refractivity contribution in [1.82, 2.24) is 0 Å².